The Kier molecular flexibility index (Phi) is 11.8. The molecule has 0 spiro atoms. The highest BCUT2D eigenvalue weighted by molar-refractivity contribution is 8.04. The summed E-state index contributed by atoms with van der Waals surface area (Å²) in [5.41, 5.74) is 2.15. The van der Waals surface area contributed by atoms with Crippen molar-refractivity contribution in [3.05, 3.63) is 47.3 Å². The van der Waals surface area contributed by atoms with E-state index >= 15 is 0 Å². The summed E-state index contributed by atoms with van der Waals surface area (Å²) in [4.78, 5) is 29.7. The van der Waals surface area contributed by atoms with Crippen LogP contribution in [0.2, 0.25) is 0 Å². The molecular formula is C21H20F6N6O4S. The van der Waals surface area contributed by atoms with E-state index in [9.17, 15) is 31.6 Å². The normalized spacial score (nSPS) is 13.5. The van der Waals surface area contributed by atoms with Gasteiger partial charge in [-0.25, -0.2) is 19.6 Å². The van der Waals surface area contributed by atoms with Crippen molar-refractivity contribution in [3.8, 4) is 6.07 Å². The molecule has 1 aromatic carbocycles. The highest BCUT2D eigenvalue weighted by atomic mass is 32.2. The van der Waals surface area contributed by atoms with Crippen molar-refractivity contribution in [1.29, 1.82) is 5.26 Å². The number of allylic oxidation sites excluding steroid dienone is 1. The number of anilines is 2. The maximum absolute atomic E-state index is 10.6. The maximum atomic E-state index is 10.6. The zero-order valence-corrected chi connectivity index (χ0v) is 20.4. The Hall–Kier alpha value is -4.04. The van der Waals surface area contributed by atoms with E-state index < -0.39 is 24.3 Å². The average molecular weight is 566 g/mol. The van der Waals surface area contributed by atoms with Crippen LogP contribution in [-0.4, -0.2) is 76.6 Å². The van der Waals surface area contributed by atoms with E-state index in [0.717, 1.165) is 28.7 Å². The summed E-state index contributed by atoms with van der Waals surface area (Å²) in [7, 11) is 4.02. The topological polar surface area (TPSA) is 151 Å². The van der Waals surface area contributed by atoms with Gasteiger partial charge in [0.05, 0.1) is 16.4 Å². The SMILES string of the molecule is CN(C)CCNc1nccc(/C(C#N)=C2\Nc3ccccc3S2)n1.O=C(O)C(F)(F)F.O=C(O)C(F)(F)F. The van der Waals surface area contributed by atoms with Crippen molar-refractivity contribution < 1.29 is 46.1 Å². The Morgan fingerprint density at radius 2 is 1.63 bits per heavy atom. The zero-order valence-electron chi connectivity index (χ0n) is 19.6. The molecule has 3 rings (SSSR count). The molecule has 10 nitrogen and oxygen atoms in total. The van der Waals surface area contributed by atoms with Gasteiger partial charge in [0.2, 0.25) is 5.95 Å². The summed E-state index contributed by atoms with van der Waals surface area (Å²) >= 11 is 1.55. The second kappa shape index (κ2) is 14.0. The fraction of sp³-hybridized carbons (Fsp3) is 0.286. The smallest absolute Gasteiger partial charge is 0.475 e. The number of fused-ring (bicyclic) bond motifs is 1. The molecule has 0 unspecified atom stereocenters. The van der Waals surface area contributed by atoms with E-state index in [1.54, 1.807) is 24.0 Å². The van der Waals surface area contributed by atoms with Gasteiger partial charge in [-0.3, -0.25) is 0 Å². The Bertz CT molecular complexity index is 1150. The lowest BCUT2D eigenvalue weighted by molar-refractivity contribution is -0.193. The average Bonchev–Trinajstić information content (AvgIpc) is 3.23. The number of hydrogen-bond acceptors (Lipinski definition) is 9. The third-order valence-electron chi connectivity index (χ3n) is 3.92. The molecular weight excluding hydrogens is 546 g/mol. The minimum absolute atomic E-state index is 0.522. The molecule has 0 saturated carbocycles. The van der Waals surface area contributed by atoms with Gasteiger partial charge in [0, 0.05) is 24.2 Å². The number of alkyl halides is 6. The summed E-state index contributed by atoms with van der Waals surface area (Å²) in [5, 5.41) is 31.1. The number of likely N-dealkylation sites (N-methyl/N-ethyl adjacent to an activating group) is 1. The molecule has 0 bridgehead atoms. The number of nitrogens with one attached hydrogen (secondary N) is 2. The molecule has 206 valence electrons. The fourth-order valence-corrected chi connectivity index (χ4v) is 3.24. The molecule has 0 atom stereocenters. The molecule has 17 heteroatoms. The summed E-state index contributed by atoms with van der Waals surface area (Å²) in [6.07, 6.45) is -8.50. The lowest BCUT2D eigenvalue weighted by Crippen LogP contribution is -2.21. The number of carbonyl (C=O) groups is 2. The first kappa shape index (κ1) is 32.0. The number of aromatic nitrogens is 2. The van der Waals surface area contributed by atoms with E-state index in [1.807, 2.05) is 38.4 Å². The van der Waals surface area contributed by atoms with E-state index in [1.165, 1.54) is 0 Å². The van der Waals surface area contributed by atoms with Gasteiger partial charge in [-0.2, -0.15) is 31.6 Å². The van der Waals surface area contributed by atoms with Crippen molar-refractivity contribution in [1.82, 2.24) is 14.9 Å². The number of benzene rings is 1. The number of para-hydroxylation sites is 1. The number of thioether (sulfide) groups is 1. The van der Waals surface area contributed by atoms with Crippen LogP contribution in [0, 0.1) is 11.3 Å². The number of aliphatic carboxylic acids is 2. The number of hydrogen-bond donors (Lipinski definition) is 4. The summed E-state index contributed by atoms with van der Waals surface area (Å²) in [6.45, 7) is 1.62. The lowest BCUT2D eigenvalue weighted by Gasteiger charge is -2.11. The first-order chi connectivity index (χ1) is 17.6. The molecule has 1 aliphatic heterocycles. The lowest BCUT2D eigenvalue weighted by atomic mass is 10.2. The number of carboxylic acids is 2. The molecule has 0 amide bonds. The Morgan fingerprint density at radius 1 is 1.08 bits per heavy atom. The van der Waals surface area contributed by atoms with E-state index in [2.05, 4.69) is 31.6 Å². The predicted molar refractivity (Wildman–Crippen MR) is 125 cm³/mol. The van der Waals surface area contributed by atoms with Crippen LogP contribution < -0.4 is 10.6 Å². The number of halogens is 6. The third-order valence-corrected chi connectivity index (χ3v) is 5.01. The number of carboxylic acid groups (broad SMARTS) is 2. The highest BCUT2D eigenvalue weighted by Crippen LogP contribution is 2.43. The monoisotopic (exact) mass is 566 g/mol. The van der Waals surface area contributed by atoms with Crippen molar-refractivity contribution in [2.45, 2.75) is 17.2 Å². The minimum Gasteiger partial charge on any atom is -0.475 e. The molecule has 0 fully saturated rings. The molecule has 1 aromatic heterocycles. The third kappa shape index (κ3) is 10.9. The summed E-state index contributed by atoms with van der Waals surface area (Å²) in [5.74, 6) is -4.98. The number of nitriles is 1. The van der Waals surface area contributed by atoms with Gasteiger partial charge in [-0.15, -0.1) is 0 Å². The van der Waals surface area contributed by atoms with Gasteiger partial charge >= 0.3 is 24.3 Å². The Balaban J connectivity index is 0.000000426. The van der Waals surface area contributed by atoms with Crippen LogP contribution in [0.5, 0.6) is 0 Å². The van der Waals surface area contributed by atoms with Crippen LogP contribution in [-0.2, 0) is 9.59 Å². The number of nitrogens with zero attached hydrogens (tertiary/aromatic N) is 4. The maximum Gasteiger partial charge on any atom is 0.490 e. The Morgan fingerprint density at radius 3 is 2.11 bits per heavy atom. The van der Waals surface area contributed by atoms with Gasteiger partial charge in [-0.1, -0.05) is 23.9 Å². The first-order valence-corrected chi connectivity index (χ1v) is 10.9. The van der Waals surface area contributed by atoms with Gasteiger partial charge in [0.25, 0.3) is 0 Å². The van der Waals surface area contributed by atoms with Crippen molar-refractivity contribution >= 4 is 40.9 Å². The standard InChI is InChI=1S/C17H18N6S.2C2HF3O2/c1-23(2)10-9-20-17-19-8-7-13(22-17)12(11-18)16-21-14-5-3-4-6-15(14)24-16;2*3-2(4,5)1(6)7/h3-8,21H,9-10H2,1-2H3,(H,19,20,22);2*(H,6,7)/b16-12+;;. The Labute approximate surface area is 216 Å². The second-order valence-corrected chi connectivity index (χ2v) is 8.19. The molecule has 0 saturated heterocycles. The molecule has 38 heavy (non-hydrogen) atoms. The molecule has 1 aliphatic rings. The largest absolute Gasteiger partial charge is 0.490 e. The molecule has 2 aromatic rings. The molecule has 0 radical (unpaired) electrons. The molecule has 2 heterocycles. The van der Waals surface area contributed by atoms with Crippen molar-refractivity contribution in [2.75, 3.05) is 37.8 Å². The van der Waals surface area contributed by atoms with Crippen molar-refractivity contribution in [2.24, 2.45) is 0 Å². The van der Waals surface area contributed by atoms with E-state index in [-0.39, 0.29) is 0 Å². The van der Waals surface area contributed by atoms with Gasteiger partial charge in [0.15, 0.2) is 0 Å². The van der Waals surface area contributed by atoms with Crippen LogP contribution in [0.4, 0.5) is 38.0 Å². The van der Waals surface area contributed by atoms with E-state index in [4.69, 9.17) is 19.8 Å². The quantitative estimate of drug-likeness (QED) is 0.305. The molecule has 4 N–H and O–H groups in total. The van der Waals surface area contributed by atoms with Crippen LogP contribution >= 0.6 is 11.8 Å². The minimum atomic E-state index is -5.08. The summed E-state index contributed by atoms with van der Waals surface area (Å²) in [6, 6.07) is 12.0. The van der Waals surface area contributed by atoms with Gasteiger partial charge < -0.3 is 25.7 Å². The van der Waals surface area contributed by atoms with Crippen LogP contribution in [0.3, 0.4) is 0 Å². The van der Waals surface area contributed by atoms with Crippen molar-refractivity contribution in [3.63, 3.8) is 0 Å². The van der Waals surface area contributed by atoms with Gasteiger partial charge in [-0.05, 0) is 32.3 Å². The van der Waals surface area contributed by atoms with Crippen LogP contribution in [0.15, 0.2) is 46.5 Å². The highest BCUT2D eigenvalue weighted by Gasteiger charge is 2.38. The van der Waals surface area contributed by atoms with Gasteiger partial charge in [0.1, 0.15) is 11.6 Å². The fourth-order valence-electron chi connectivity index (χ4n) is 2.23. The van der Waals surface area contributed by atoms with Crippen LogP contribution in [0.1, 0.15) is 5.69 Å². The first-order valence-electron chi connectivity index (χ1n) is 10.1. The molecule has 0 aliphatic carbocycles. The predicted octanol–water partition coefficient (Wildman–Crippen LogP) is 4.13. The van der Waals surface area contributed by atoms with Crippen LogP contribution in [0.25, 0.3) is 5.57 Å². The van der Waals surface area contributed by atoms with E-state index in [0.29, 0.717) is 17.2 Å². The summed E-state index contributed by atoms with van der Waals surface area (Å²) < 4.78 is 63.5. The number of rotatable bonds is 5. The zero-order chi connectivity index (χ0) is 29.1. The second-order valence-electron chi connectivity index (χ2n) is 7.14.